The second-order valence-electron chi connectivity index (χ2n) is 5.72. The average Bonchev–Trinajstić information content (AvgIpc) is 2.87. The number of carbonyl (C=O) groups excluding carboxylic acids is 2. The van der Waals surface area contributed by atoms with E-state index in [0.717, 1.165) is 6.07 Å². The van der Waals surface area contributed by atoms with E-state index in [-0.39, 0.29) is 17.4 Å². The number of hydrazone groups is 1. The van der Waals surface area contributed by atoms with Crippen molar-refractivity contribution in [3.8, 4) is 0 Å². The number of carbonyl (C=O) groups is 2. The van der Waals surface area contributed by atoms with Crippen molar-refractivity contribution in [2.24, 2.45) is 16.9 Å². The molecule has 2 atom stereocenters. The van der Waals surface area contributed by atoms with E-state index in [1.54, 1.807) is 7.05 Å². The van der Waals surface area contributed by atoms with Crippen molar-refractivity contribution in [2.75, 3.05) is 26.0 Å². The van der Waals surface area contributed by atoms with E-state index in [1.165, 1.54) is 29.1 Å². The zero-order valence-electron chi connectivity index (χ0n) is 14.0. The summed E-state index contributed by atoms with van der Waals surface area (Å²) in [5.74, 6) is -5.28. The summed E-state index contributed by atoms with van der Waals surface area (Å²) in [6.45, 7) is 3.74. The monoisotopic (exact) mass is 448 g/mol. The van der Waals surface area contributed by atoms with Crippen LogP contribution in [0.4, 0.5) is 14.5 Å². The van der Waals surface area contributed by atoms with Crippen LogP contribution in [0.1, 0.15) is 0 Å². The van der Waals surface area contributed by atoms with Crippen molar-refractivity contribution in [3.63, 3.8) is 0 Å². The number of hydrogen-bond acceptors (Lipinski definition) is 4. The SMILES string of the molecule is C=C(Cl)N(C)/N=C(\Br)[C@H]1CN(C)C(=O)[C@@H]1C(=O)Nc1cccc(F)c1F. The number of likely N-dealkylation sites (tertiary alicyclic amines) is 1. The molecule has 1 aromatic rings. The Labute approximate surface area is 162 Å². The Kier molecular flexibility index (Phi) is 6.35. The fraction of sp³-hybridized carbons (Fsp3) is 0.312. The standard InChI is InChI=1S/C16H16BrClF2N4O2/c1-8(18)24(3)22-14(17)9-7-23(2)16(26)12(9)15(25)21-11-6-4-5-10(19)13(11)20/h4-6,9,12H,1,7H2,2-3H3,(H,21,25)/b22-14-/t9-,12-/m0/s1. The van der Waals surface area contributed by atoms with Crippen LogP contribution in [-0.4, -0.2) is 47.0 Å². The molecule has 1 aliphatic heterocycles. The lowest BCUT2D eigenvalue weighted by Gasteiger charge is -2.18. The van der Waals surface area contributed by atoms with Crippen molar-refractivity contribution < 1.29 is 18.4 Å². The molecule has 1 aliphatic rings. The van der Waals surface area contributed by atoms with Crippen LogP contribution in [0.5, 0.6) is 0 Å². The van der Waals surface area contributed by atoms with Gasteiger partial charge in [0.05, 0.1) is 5.69 Å². The lowest BCUT2D eigenvalue weighted by Crippen LogP contribution is -2.35. The predicted octanol–water partition coefficient (Wildman–Crippen LogP) is 2.96. The van der Waals surface area contributed by atoms with Crippen LogP contribution in [0.3, 0.4) is 0 Å². The molecule has 0 spiro atoms. The maximum absolute atomic E-state index is 13.8. The summed E-state index contributed by atoms with van der Waals surface area (Å²) in [5, 5.41) is 7.83. The molecular formula is C16H16BrClF2N4O2. The van der Waals surface area contributed by atoms with Gasteiger partial charge in [0.2, 0.25) is 11.8 Å². The van der Waals surface area contributed by atoms with Crippen molar-refractivity contribution >= 4 is 49.7 Å². The molecule has 1 fully saturated rings. The topological polar surface area (TPSA) is 65.0 Å². The van der Waals surface area contributed by atoms with Gasteiger partial charge in [-0.15, -0.1) is 0 Å². The Balaban J connectivity index is 2.28. The first-order chi connectivity index (χ1) is 12.1. The molecule has 0 radical (unpaired) electrons. The number of nitrogens with zero attached hydrogens (tertiary/aromatic N) is 3. The highest BCUT2D eigenvalue weighted by molar-refractivity contribution is 9.18. The molecule has 0 unspecified atom stereocenters. The molecule has 1 saturated heterocycles. The molecule has 140 valence electrons. The van der Waals surface area contributed by atoms with Gasteiger partial charge in [0.25, 0.3) is 0 Å². The lowest BCUT2D eigenvalue weighted by atomic mass is 9.95. The minimum atomic E-state index is -1.19. The number of rotatable bonds is 5. The second-order valence-corrected chi connectivity index (χ2v) is 6.96. The van der Waals surface area contributed by atoms with Gasteiger partial charge in [0.15, 0.2) is 11.6 Å². The van der Waals surface area contributed by atoms with Gasteiger partial charge in [-0.25, -0.2) is 8.78 Å². The summed E-state index contributed by atoms with van der Waals surface area (Å²) in [6.07, 6.45) is 0. The van der Waals surface area contributed by atoms with Crippen LogP contribution >= 0.6 is 27.5 Å². The van der Waals surface area contributed by atoms with Gasteiger partial charge in [-0.2, -0.15) is 5.10 Å². The number of hydrogen-bond donors (Lipinski definition) is 1. The highest BCUT2D eigenvalue weighted by atomic mass is 79.9. The third-order valence-corrected chi connectivity index (χ3v) is 4.90. The molecule has 1 heterocycles. The van der Waals surface area contributed by atoms with Crippen molar-refractivity contribution in [2.45, 2.75) is 0 Å². The predicted molar refractivity (Wildman–Crippen MR) is 98.7 cm³/mol. The van der Waals surface area contributed by atoms with Crippen LogP contribution < -0.4 is 5.32 Å². The molecule has 6 nitrogen and oxygen atoms in total. The van der Waals surface area contributed by atoms with Crippen LogP contribution in [0.2, 0.25) is 0 Å². The summed E-state index contributed by atoms with van der Waals surface area (Å²) in [4.78, 5) is 26.3. The zero-order chi connectivity index (χ0) is 19.6. The number of benzene rings is 1. The van der Waals surface area contributed by atoms with Crippen LogP contribution in [0, 0.1) is 23.5 Å². The third-order valence-electron chi connectivity index (χ3n) is 3.91. The van der Waals surface area contributed by atoms with Crippen molar-refractivity contribution in [1.29, 1.82) is 0 Å². The Morgan fingerprint density at radius 3 is 2.77 bits per heavy atom. The van der Waals surface area contributed by atoms with Crippen molar-refractivity contribution in [3.05, 3.63) is 41.6 Å². The van der Waals surface area contributed by atoms with E-state index < -0.39 is 35.3 Å². The molecule has 0 aromatic heterocycles. The van der Waals surface area contributed by atoms with Gasteiger partial charge >= 0.3 is 0 Å². The highest BCUT2D eigenvalue weighted by Gasteiger charge is 2.46. The maximum atomic E-state index is 13.8. The molecule has 0 bridgehead atoms. The molecule has 2 rings (SSSR count). The summed E-state index contributed by atoms with van der Waals surface area (Å²) in [5.41, 5.74) is -0.338. The minimum Gasteiger partial charge on any atom is -0.344 e. The fourth-order valence-corrected chi connectivity index (χ4v) is 3.18. The maximum Gasteiger partial charge on any atom is 0.237 e. The van der Waals surface area contributed by atoms with Gasteiger partial charge in [0, 0.05) is 26.6 Å². The van der Waals surface area contributed by atoms with E-state index in [1.807, 2.05) is 0 Å². The molecule has 1 N–H and O–H groups in total. The number of anilines is 1. The zero-order valence-corrected chi connectivity index (χ0v) is 16.3. The largest absolute Gasteiger partial charge is 0.344 e. The summed E-state index contributed by atoms with van der Waals surface area (Å²) < 4.78 is 27.4. The van der Waals surface area contributed by atoms with Gasteiger partial charge in [-0.05, 0) is 28.1 Å². The van der Waals surface area contributed by atoms with Gasteiger partial charge < -0.3 is 10.2 Å². The number of nitrogens with one attached hydrogen (secondary N) is 1. The van der Waals surface area contributed by atoms with E-state index in [4.69, 9.17) is 11.6 Å². The number of amides is 2. The van der Waals surface area contributed by atoms with Gasteiger partial charge in [-0.1, -0.05) is 24.2 Å². The first kappa shape index (κ1) is 20.3. The highest BCUT2D eigenvalue weighted by Crippen LogP contribution is 2.30. The van der Waals surface area contributed by atoms with Crippen LogP contribution in [-0.2, 0) is 9.59 Å². The molecule has 0 saturated carbocycles. The Morgan fingerprint density at radius 2 is 2.15 bits per heavy atom. The van der Waals surface area contributed by atoms with E-state index in [2.05, 4.69) is 32.9 Å². The molecule has 26 heavy (non-hydrogen) atoms. The molecule has 10 heteroatoms. The minimum absolute atomic E-state index is 0.141. The summed E-state index contributed by atoms with van der Waals surface area (Å²) in [6, 6.07) is 3.40. The Morgan fingerprint density at radius 1 is 1.50 bits per heavy atom. The normalized spacial score (nSPS) is 20.3. The average molecular weight is 450 g/mol. The number of halogens is 4. The Bertz CT molecular complexity index is 790. The van der Waals surface area contributed by atoms with Crippen LogP contribution in [0.25, 0.3) is 0 Å². The smallest absolute Gasteiger partial charge is 0.237 e. The third kappa shape index (κ3) is 4.21. The van der Waals surface area contributed by atoms with E-state index in [9.17, 15) is 18.4 Å². The quantitative estimate of drug-likeness (QED) is 0.325. The lowest BCUT2D eigenvalue weighted by molar-refractivity contribution is -0.135. The molecule has 2 amide bonds. The summed E-state index contributed by atoms with van der Waals surface area (Å²) >= 11 is 9.01. The first-order valence-corrected chi connectivity index (χ1v) is 8.62. The van der Waals surface area contributed by atoms with E-state index in [0.29, 0.717) is 4.62 Å². The van der Waals surface area contributed by atoms with Gasteiger partial charge in [0.1, 0.15) is 15.7 Å². The fourth-order valence-electron chi connectivity index (χ4n) is 2.49. The first-order valence-electron chi connectivity index (χ1n) is 7.45. The van der Waals surface area contributed by atoms with Gasteiger partial charge in [-0.3, -0.25) is 14.6 Å². The van der Waals surface area contributed by atoms with Crippen LogP contribution in [0.15, 0.2) is 35.0 Å². The summed E-state index contributed by atoms with van der Waals surface area (Å²) in [7, 11) is 3.09. The molecule has 1 aromatic carbocycles. The van der Waals surface area contributed by atoms with E-state index >= 15 is 0 Å². The molecular weight excluding hydrogens is 434 g/mol. The second kappa shape index (κ2) is 8.13. The Hall–Kier alpha value is -2.00. The van der Waals surface area contributed by atoms with Crippen molar-refractivity contribution in [1.82, 2.24) is 9.91 Å². The molecule has 0 aliphatic carbocycles.